The number of benzene rings is 2. The highest BCUT2D eigenvalue weighted by Gasteiger charge is 2.53. The molecule has 26 heavy (non-hydrogen) atoms. The second kappa shape index (κ2) is 7.40. The molecule has 0 unspecified atom stereocenters. The summed E-state index contributed by atoms with van der Waals surface area (Å²) in [6.45, 7) is 0.248. The van der Waals surface area contributed by atoms with Gasteiger partial charge >= 0.3 is 5.92 Å². The van der Waals surface area contributed by atoms with Gasteiger partial charge in [-0.15, -0.1) is 0 Å². The summed E-state index contributed by atoms with van der Waals surface area (Å²) in [4.78, 5) is 0. The molecule has 0 N–H and O–H groups in total. The number of hydrogen-bond acceptors (Lipinski definition) is 4. The minimum atomic E-state index is -3.13. The van der Waals surface area contributed by atoms with Crippen molar-refractivity contribution in [3.63, 3.8) is 0 Å². The van der Waals surface area contributed by atoms with Gasteiger partial charge in [-0.2, -0.15) is 0 Å². The lowest BCUT2D eigenvalue weighted by Crippen LogP contribution is -2.56. The Morgan fingerprint density at radius 3 is 2.35 bits per heavy atom. The normalized spacial score (nSPS) is 30.5. The molecular weight excluding hydrogens is 342 g/mol. The number of halogens is 2. The van der Waals surface area contributed by atoms with Crippen LogP contribution in [0.3, 0.4) is 0 Å². The van der Waals surface area contributed by atoms with Gasteiger partial charge < -0.3 is 18.9 Å². The van der Waals surface area contributed by atoms with Crippen molar-refractivity contribution in [1.82, 2.24) is 0 Å². The predicted molar refractivity (Wildman–Crippen MR) is 89.5 cm³/mol. The molecule has 2 fully saturated rings. The molecule has 2 heterocycles. The summed E-state index contributed by atoms with van der Waals surface area (Å²) in [5.41, 5.74) is 1.62. The van der Waals surface area contributed by atoms with Crippen LogP contribution in [0.5, 0.6) is 0 Å². The Labute approximate surface area is 150 Å². The topological polar surface area (TPSA) is 36.9 Å². The SMILES string of the molecule is FC1(F)C[C@@H]2O[C@H](c3ccccc3)OC[C@H]2O[C@H]1OCc1ccccc1. The van der Waals surface area contributed by atoms with Crippen molar-refractivity contribution < 1.29 is 27.7 Å². The van der Waals surface area contributed by atoms with Crippen molar-refractivity contribution in [2.45, 2.75) is 43.7 Å². The van der Waals surface area contributed by atoms with Crippen LogP contribution in [0.4, 0.5) is 8.78 Å². The summed E-state index contributed by atoms with van der Waals surface area (Å²) in [5, 5.41) is 0. The highest BCUT2D eigenvalue weighted by molar-refractivity contribution is 5.16. The lowest BCUT2D eigenvalue weighted by atomic mass is 10.0. The smallest absolute Gasteiger partial charge is 0.300 e. The Balaban J connectivity index is 1.40. The van der Waals surface area contributed by atoms with Crippen LogP contribution in [0, 0.1) is 0 Å². The van der Waals surface area contributed by atoms with Gasteiger partial charge in [-0.25, -0.2) is 8.78 Å². The predicted octanol–water partition coefficient (Wildman–Crippen LogP) is 4.07. The van der Waals surface area contributed by atoms with E-state index in [1.807, 2.05) is 60.7 Å². The molecular formula is C20H20F2O4. The third kappa shape index (κ3) is 3.78. The first kappa shape index (κ1) is 17.5. The molecule has 138 valence electrons. The van der Waals surface area contributed by atoms with Crippen LogP contribution in [0.2, 0.25) is 0 Å². The van der Waals surface area contributed by atoms with E-state index in [0.717, 1.165) is 11.1 Å². The van der Waals surface area contributed by atoms with Crippen molar-refractivity contribution in [2.75, 3.05) is 6.61 Å². The molecule has 0 aliphatic carbocycles. The molecule has 2 aliphatic heterocycles. The van der Waals surface area contributed by atoms with E-state index in [-0.39, 0.29) is 13.2 Å². The van der Waals surface area contributed by atoms with E-state index >= 15 is 0 Å². The third-order valence-electron chi connectivity index (χ3n) is 4.56. The van der Waals surface area contributed by atoms with Crippen LogP contribution in [0.25, 0.3) is 0 Å². The highest BCUT2D eigenvalue weighted by Crippen LogP contribution is 2.41. The fraction of sp³-hybridized carbons (Fsp3) is 0.400. The molecule has 4 atom stereocenters. The Morgan fingerprint density at radius 2 is 1.62 bits per heavy atom. The van der Waals surface area contributed by atoms with Crippen LogP contribution >= 0.6 is 0 Å². The number of alkyl halides is 2. The first-order chi connectivity index (χ1) is 12.6. The van der Waals surface area contributed by atoms with E-state index in [2.05, 4.69) is 0 Å². The number of ether oxygens (including phenoxy) is 4. The second-order valence-corrected chi connectivity index (χ2v) is 6.52. The lowest BCUT2D eigenvalue weighted by Gasteiger charge is -2.44. The van der Waals surface area contributed by atoms with Crippen molar-refractivity contribution in [3.05, 3.63) is 71.8 Å². The van der Waals surface area contributed by atoms with Gasteiger partial charge in [0, 0.05) is 12.0 Å². The second-order valence-electron chi connectivity index (χ2n) is 6.52. The molecule has 0 aromatic heterocycles. The summed E-state index contributed by atoms with van der Waals surface area (Å²) in [5.74, 6) is -3.13. The molecule has 4 rings (SSSR count). The molecule has 0 saturated carbocycles. The molecule has 0 spiro atoms. The maximum Gasteiger partial charge on any atom is 0.300 e. The van der Waals surface area contributed by atoms with Crippen LogP contribution in [0.1, 0.15) is 23.8 Å². The molecule has 2 aromatic rings. The summed E-state index contributed by atoms with van der Waals surface area (Å²) >= 11 is 0. The van der Waals surface area contributed by atoms with E-state index in [1.54, 1.807) is 0 Å². The number of fused-ring (bicyclic) bond motifs is 1. The fourth-order valence-corrected chi connectivity index (χ4v) is 3.20. The summed E-state index contributed by atoms with van der Waals surface area (Å²) in [6, 6.07) is 18.4. The van der Waals surface area contributed by atoms with Gasteiger partial charge in [0.1, 0.15) is 6.10 Å². The average molecular weight is 362 g/mol. The van der Waals surface area contributed by atoms with Gasteiger partial charge in [-0.1, -0.05) is 60.7 Å². The highest BCUT2D eigenvalue weighted by atomic mass is 19.3. The van der Waals surface area contributed by atoms with E-state index in [0.29, 0.717) is 0 Å². The van der Waals surface area contributed by atoms with Crippen molar-refractivity contribution in [3.8, 4) is 0 Å². The van der Waals surface area contributed by atoms with Crippen LogP contribution in [-0.2, 0) is 25.6 Å². The van der Waals surface area contributed by atoms with Gasteiger partial charge in [0.15, 0.2) is 6.29 Å². The van der Waals surface area contributed by atoms with Crippen molar-refractivity contribution in [2.24, 2.45) is 0 Å². The largest absolute Gasteiger partial charge is 0.346 e. The molecule has 2 saturated heterocycles. The lowest BCUT2D eigenvalue weighted by molar-refractivity contribution is -0.371. The summed E-state index contributed by atoms with van der Waals surface area (Å²) in [6.07, 6.45) is -4.02. The molecule has 6 heteroatoms. The van der Waals surface area contributed by atoms with Gasteiger partial charge in [0.2, 0.25) is 6.29 Å². The molecule has 4 nitrogen and oxygen atoms in total. The summed E-state index contributed by atoms with van der Waals surface area (Å²) < 4.78 is 51.3. The van der Waals surface area contributed by atoms with Gasteiger partial charge in [-0.3, -0.25) is 0 Å². The number of rotatable bonds is 4. The van der Waals surface area contributed by atoms with E-state index in [1.165, 1.54) is 0 Å². The average Bonchev–Trinajstić information content (AvgIpc) is 2.67. The minimum Gasteiger partial charge on any atom is -0.346 e. The number of hydrogen-bond donors (Lipinski definition) is 0. The molecule has 2 aliphatic rings. The molecule has 0 radical (unpaired) electrons. The van der Waals surface area contributed by atoms with E-state index < -0.39 is 37.1 Å². The molecule has 2 aromatic carbocycles. The maximum atomic E-state index is 14.5. The zero-order valence-corrected chi connectivity index (χ0v) is 14.1. The first-order valence-corrected chi connectivity index (χ1v) is 8.63. The Bertz CT molecular complexity index is 710. The minimum absolute atomic E-state index is 0.0623. The Morgan fingerprint density at radius 1 is 0.923 bits per heavy atom. The Hall–Kier alpha value is -1.86. The van der Waals surface area contributed by atoms with Crippen LogP contribution in [0.15, 0.2) is 60.7 Å². The Kier molecular flexibility index (Phi) is 5.00. The maximum absolute atomic E-state index is 14.5. The van der Waals surface area contributed by atoms with Gasteiger partial charge in [0.25, 0.3) is 0 Å². The molecule has 0 amide bonds. The van der Waals surface area contributed by atoms with E-state index in [4.69, 9.17) is 18.9 Å². The van der Waals surface area contributed by atoms with Crippen molar-refractivity contribution >= 4 is 0 Å². The van der Waals surface area contributed by atoms with Gasteiger partial charge in [-0.05, 0) is 5.56 Å². The zero-order chi connectivity index (χ0) is 18.0. The standard InChI is InChI=1S/C20H20F2O4/c21-20(22)11-16-17(13-23-18(25-16)15-9-5-2-6-10-15)26-19(20)24-12-14-7-3-1-4-8-14/h1-10,16-19H,11-13H2/t16-,17+,18+,19+/m0/s1. The van der Waals surface area contributed by atoms with Gasteiger partial charge in [0.05, 0.1) is 19.3 Å². The van der Waals surface area contributed by atoms with Crippen LogP contribution < -0.4 is 0 Å². The quantitative estimate of drug-likeness (QED) is 0.822. The van der Waals surface area contributed by atoms with Crippen LogP contribution in [-0.4, -0.2) is 31.0 Å². The first-order valence-electron chi connectivity index (χ1n) is 8.63. The summed E-state index contributed by atoms with van der Waals surface area (Å²) in [7, 11) is 0. The molecule has 0 bridgehead atoms. The van der Waals surface area contributed by atoms with E-state index in [9.17, 15) is 8.78 Å². The monoisotopic (exact) mass is 362 g/mol. The third-order valence-corrected chi connectivity index (χ3v) is 4.56. The fourth-order valence-electron chi connectivity index (χ4n) is 3.20. The zero-order valence-electron chi connectivity index (χ0n) is 14.1. The van der Waals surface area contributed by atoms with Crippen molar-refractivity contribution in [1.29, 1.82) is 0 Å².